The minimum atomic E-state index is -0.938. The molecule has 18 heavy (non-hydrogen) atoms. The van der Waals surface area contributed by atoms with Crippen LogP contribution in [0.15, 0.2) is 10.9 Å². The Morgan fingerprint density at radius 2 is 2.28 bits per heavy atom. The summed E-state index contributed by atoms with van der Waals surface area (Å²) in [4.78, 5) is 27.5. The summed E-state index contributed by atoms with van der Waals surface area (Å²) in [7, 11) is 0. The molecule has 1 rings (SSSR count). The van der Waals surface area contributed by atoms with E-state index >= 15 is 0 Å². The fourth-order valence-corrected chi connectivity index (χ4v) is 1.34. The summed E-state index contributed by atoms with van der Waals surface area (Å²) in [5.41, 5.74) is 0. The summed E-state index contributed by atoms with van der Waals surface area (Å²) >= 11 is 0. The quantitative estimate of drug-likeness (QED) is 0.765. The topological polar surface area (TPSA) is 109 Å². The Morgan fingerprint density at radius 3 is 2.78 bits per heavy atom. The SMILES string of the molecule is CC(C)N(CCC(=O)O)C(=O)NCc1ncon1. The van der Waals surface area contributed by atoms with Gasteiger partial charge in [-0.05, 0) is 13.8 Å². The van der Waals surface area contributed by atoms with E-state index in [4.69, 9.17) is 5.11 Å². The number of urea groups is 1. The second-order valence-electron chi connectivity index (χ2n) is 3.94. The lowest BCUT2D eigenvalue weighted by molar-refractivity contribution is -0.137. The van der Waals surface area contributed by atoms with E-state index in [1.807, 2.05) is 13.8 Å². The van der Waals surface area contributed by atoms with Gasteiger partial charge < -0.3 is 19.8 Å². The molecule has 1 aromatic heterocycles. The van der Waals surface area contributed by atoms with Gasteiger partial charge in [0.05, 0.1) is 13.0 Å². The van der Waals surface area contributed by atoms with Crippen molar-refractivity contribution in [1.82, 2.24) is 20.4 Å². The Balaban J connectivity index is 2.46. The summed E-state index contributed by atoms with van der Waals surface area (Å²) in [6, 6.07) is -0.439. The van der Waals surface area contributed by atoms with Crippen LogP contribution >= 0.6 is 0 Å². The van der Waals surface area contributed by atoms with Crippen LogP contribution in [0.3, 0.4) is 0 Å². The molecule has 8 nitrogen and oxygen atoms in total. The fourth-order valence-electron chi connectivity index (χ4n) is 1.34. The summed E-state index contributed by atoms with van der Waals surface area (Å²) in [5, 5.41) is 14.8. The molecule has 0 atom stereocenters. The third kappa shape index (κ3) is 4.40. The monoisotopic (exact) mass is 256 g/mol. The van der Waals surface area contributed by atoms with Crippen molar-refractivity contribution >= 4 is 12.0 Å². The number of hydrogen-bond acceptors (Lipinski definition) is 5. The highest BCUT2D eigenvalue weighted by Gasteiger charge is 2.17. The third-order valence-corrected chi connectivity index (χ3v) is 2.26. The van der Waals surface area contributed by atoms with Gasteiger partial charge in [0.2, 0.25) is 6.39 Å². The fraction of sp³-hybridized carbons (Fsp3) is 0.600. The number of carboxylic acids is 1. The van der Waals surface area contributed by atoms with E-state index in [1.165, 1.54) is 11.3 Å². The van der Waals surface area contributed by atoms with E-state index in [2.05, 4.69) is 20.0 Å². The first-order valence-corrected chi connectivity index (χ1v) is 5.52. The summed E-state index contributed by atoms with van der Waals surface area (Å²) in [5.74, 6) is -0.572. The van der Waals surface area contributed by atoms with Gasteiger partial charge >= 0.3 is 12.0 Å². The van der Waals surface area contributed by atoms with Gasteiger partial charge in [-0.3, -0.25) is 4.79 Å². The van der Waals surface area contributed by atoms with E-state index in [-0.39, 0.29) is 31.6 Å². The summed E-state index contributed by atoms with van der Waals surface area (Å²) in [6.45, 7) is 3.93. The third-order valence-electron chi connectivity index (χ3n) is 2.26. The maximum Gasteiger partial charge on any atom is 0.318 e. The molecule has 2 amide bonds. The van der Waals surface area contributed by atoms with Gasteiger partial charge in [-0.2, -0.15) is 4.98 Å². The van der Waals surface area contributed by atoms with Crippen LogP contribution in [0.4, 0.5) is 4.79 Å². The normalized spacial score (nSPS) is 10.4. The van der Waals surface area contributed by atoms with Crippen LogP contribution in [0.5, 0.6) is 0 Å². The van der Waals surface area contributed by atoms with Crippen LogP contribution < -0.4 is 5.32 Å². The van der Waals surface area contributed by atoms with Gasteiger partial charge in [-0.1, -0.05) is 5.16 Å². The number of hydrogen-bond donors (Lipinski definition) is 2. The van der Waals surface area contributed by atoms with Gasteiger partial charge in [-0.15, -0.1) is 0 Å². The van der Waals surface area contributed by atoms with Gasteiger partial charge in [0.1, 0.15) is 0 Å². The highest BCUT2D eigenvalue weighted by molar-refractivity contribution is 5.75. The minimum Gasteiger partial charge on any atom is -0.481 e. The van der Waals surface area contributed by atoms with Gasteiger partial charge in [0, 0.05) is 12.6 Å². The lowest BCUT2D eigenvalue weighted by Gasteiger charge is -2.26. The number of rotatable bonds is 6. The zero-order valence-electron chi connectivity index (χ0n) is 10.3. The lowest BCUT2D eigenvalue weighted by Crippen LogP contribution is -2.44. The molecule has 2 N–H and O–H groups in total. The van der Waals surface area contributed by atoms with Crippen molar-refractivity contribution in [3.05, 3.63) is 12.2 Å². The minimum absolute atomic E-state index is 0.0883. The number of nitrogens with zero attached hydrogens (tertiary/aromatic N) is 3. The van der Waals surface area contributed by atoms with Crippen LogP contribution in [0, 0.1) is 0 Å². The van der Waals surface area contributed by atoms with Crippen molar-refractivity contribution in [3.8, 4) is 0 Å². The zero-order valence-corrected chi connectivity index (χ0v) is 10.3. The molecule has 1 heterocycles. The maximum atomic E-state index is 11.8. The molecular formula is C10H16N4O4. The van der Waals surface area contributed by atoms with Crippen LogP contribution in [0.25, 0.3) is 0 Å². The highest BCUT2D eigenvalue weighted by Crippen LogP contribution is 2.01. The molecule has 0 aliphatic rings. The molecule has 0 unspecified atom stereocenters. The average Bonchev–Trinajstić information content (AvgIpc) is 2.78. The number of carbonyl (C=O) groups is 2. The predicted molar refractivity (Wildman–Crippen MR) is 60.6 cm³/mol. The van der Waals surface area contributed by atoms with E-state index in [9.17, 15) is 9.59 Å². The Bertz CT molecular complexity index is 391. The average molecular weight is 256 g/mol. The molecule has 0 fully saturated rings. The molecule has 0 saturated carbocycles. The molecule has 8 heteroatoms. The van der Waals surface area contributed by atoms with Crippen molar-refractivity contribution in [3.63, 3.8) is 0 Å². The number of aromatic nitrogens is 2. The standard InChI is InChI=1S/C10H16N4O4/c1-7(2)14(4-3-9(15)16)10(17)11-5-8-12-6-18-13-8/h6-7H,3-5H2,1-2H3,(H,11,17)(H,15,16). The molecule has 0 spiro atoms. The van der Waals surface area contributed by atoms with Crippen molar-refractivity contribution in [2.24, 2.45) is 0 Å². The zero-order chi connectivity index (χ0) is 13.5. The van der Waals surface area contributed by atoms with Crippen LogP contribution in [0.1, 0.15) is 26.1 Å². The van der Waals surface area contributed by atoms with Crippen LogP contribution in [0.2, 0.25) is 0 Å². The first-order chi connectivity index (χ1) is 8.50. The first kappa shape index (κ1) is 13.9. The molecule has 0 bridgehead atoms. The highest BCUT2D eigenvalue weighted by atomic mass is 16.5. The molecule has 0 aliphatic carbocycles. The van der Waals surface area contributed by atoms with Gasteiger partial charge in [0.25, 0.3) is 0 Å². The summed E-state index contributed by atoms with van der Waals surface area (Å²) in [6.07, 6.45) is 1.08. The number of carboxylic acid groups (broad SMARTS) is 1. The Hall–Kier alpha value is -2.12. The van der Waals surface area contributed by atoms with Crippen molar-refractivity contribution in [1.29, 1.82) is 0 Å². The number of aliphatic carboxylic acids is 1. The Labute approximate surface area is 104 Å². The molecule has 0 aliphatic heterocycles. The second-order valence-corrected chi connectivity index (χ2v) is 3.94. The first-order valence-electron chi connectivity index (χ1n) is 5.52. The second kappa shape index (κ2) is 6.58. The van der Waals surface area contributed by atoms with E-state index < -0.39 is 5.97 Å². The Morgan fingerprint density at radius 1 is 1.56 bits per heavy atom. The van der Waals surface area contributed by atoms with Gasteiger partial charge in [-0.25, -0.2) is 4.79 Å². The largest absolute Gasteiger partial charge is 0.481 e. The predicted octanol–water partition coefficient (Wildman–Crippen LogP) is 0.464. The number of nitrogens with one attached hydrogen (secondary N) is 1. The molecule has 1 aromatic rings. The smallest absolute Gasteiger partial charge is 0.318 e. The number of amides is 2. The van der Waals surface area contributed by atoms with E-state index in [0.717, 1.165) is 0 Å². The molecule has 0 radical (unpaired) electrons. The lowest BCUT2D eigenvalue weighted by atomic mass is 10.3. The van der Waals surface area contributed by atoms with Crippen molar-refractivity contribution < 1.29 is 19.2 Å². The van der Waals surface area contributed by atoms with E-state index in [1.54, 1.807) is 0 Å². The Kier molecular flexibility index (Phi) is 5.09. The molecule has 0 aromatic carbocycles. The molecular weight excluding hydrogens is 240 g/mol. The number of carbonyl (C=O) groups excluding carboxylic acids is 1. The van der Waals surface area contributed by atoms with E-state index in [0.29, 0.717) is 5.82 Å². The van der Waals surface area contributed by atoms with Crippen molar-refractivity contribution in [2.45, 2.75) is 32.9 Å². The molecule has 100 valence electrons. The van der Waals surface area contributed by atoms with Crippen LogP contribution in [-0.2, 0) is 11.3 Å². The molecule has 0 saturated heterocycles. The van der Waals surface area contributed by atoms with Gasteiger partial charge in [0.15, 0.2) is 5.82 Å². The summed E-state index contributed by atoms with van der Waals surface area (Å²) < 4.78 is 4.53. The van der Waals surface area contributed by atoms with Crippen molar-refractivity contribution in [2.75, 3.05) is 6.54 Å². The van der Waals surface area contributed by atoms with Crippen LogP contribution in [-0.4, -0.2) is 44.7 Å². The maximum absolute atomic E-state index is 11.8.